The maximum Gasteiger partial charge on any atom is 0.0332 e. The first-order chi connectivity index (χ1) is 9.45. The van der Waals surface area contributed by atoms with Gasteiger partial charge in [0.1, 0.15) is 0 Å². The lowest BCUT2D eigenvalue weighted by atomic mass is 9.72. The first-order valence-corrected chi connectivity index (χ1v) is 8.55. The maximum atomic E-state index is 6.24. The van der Waals surface area contributed by atoms with Crippen molar-refractivity contribution in [1.82, 2.24) is 9.80 Å². The lowest BCUT2D eigenvalue weighted by Crippen LogP contribution is -2.57. The Morgan fingerprint density at radius 2 is 1.70 bits per heavy atom. The molecular weight excluding hydrogens is 246 g/mol. The van der Waals surface area contributed by atoms with E-state index in [1.807, 2.05) is 0 Å². The van der Waals surface area contributed by atoms with Gasteiger partial charge in [-0.15, -0.1) is 0 Å². The molecular formula is C17H37N3. The van der Waals surface area contributed by atoms with Gasteiger partial charge < -0.3 is 10.6 Å². The van der Waals surface area contributed by atoms with Gasteiger partial charge in [0, 0.05) is 25.2 Å². The molecule has 0 amide bonds. The quantitative estimate of drug-likeness (QED) is 0.743. The fourth-order valence-corrected chi connectivity index (χ4v) is 3.67. The van der Waals surface area contributed by atoms with Crippen molar-refractivity contribution in [2.45, 2.75) is 58.4 Å². The summed E-state index contributed by atoms with van der Waals surface area (Å²) in [6.07, 6.45) is 6.52. The average Bonchev–Trinajstić information content (AvgIpc) is 2.43. The Kier molecular flexibility index (Phi) is 7.49. The van der Waals surface area contributed by atoms with E-state index < -0.39 is 0 Å². The Labute approximate surface area is 126 Å². The maximum absolute atomic E-state index is 6.24. The van der Waals surface area contributed by atoms with Gasteiger partial charge in [0.25, 0.3) is 0 Å². The summed E-state index contributed by atoms with van der Waals surface area (Å²) < 4.78 is 0. The SMILES string of the molecule is CCCN(CCN(C)C)C1(CN)CCC(C(C)C)CC1. The van der Waals surface area contributed by atoms with E-state index in [9.17, 15) is 0 Å². The van der Waals surface area contributed by atoms with Gasteiger partial charge >= 0.3 is 0 Å². The second-order valence-corrected chi connectivity index (χ2v) is 7.30. The number of hydrogen-bond donors (Lipinski definition) is 1. The molecule has 2 N–H and O–H groups in total. The van der Waals surface area contributed by atoms with E-state index in [0.717, 1.165) is 31.5 Å². The van der Waals surface area contributed by atoms with Crippen LogP contribution in [0, 0.1) is 11.8 Å². The molecule has 0 aromatic heterocycles. The van der Waals surface area contributed by atoms with Gasteiger partial charge in [0.15, 0.2) is 0 Å². The predicted molar refractivity (Wildman–Crippen MR) is 89.0 cm³/mol. The molecule has 1 saturated carbocycles. The molecule has 0 atom stereocenters. The lowest BCUT2D eigenvalue weighted by molar-refractivity contribution is 0.0304. The van der Waals surface area contributed by atoms with Gasteiger partial charge in [-0.25, -0.2) is 0 Å². The second-order valence-electron chi connectivity index (χ2n) is 7.30. The van der Waals surface area contributed by atoms with Crippen LogP contribution in [0.25, 0.3) is 0 Å². The van der Waals surface area contributed by atoms with E-state index in [1.54, 1.807) is 0 Å². The van der Waals surface area contributed by atoms with Crippen molar-refractivity contribution >= 4 is 0 Å². The molecule has 0 radical (unpaired) electrons. The second kappa shape index (κ2) is 8.35. The number of nitrogens with two attached hydrogens (primary N) is 1. The van der Waals surface area contributed by atoms with Gasteiger partial charge in [-0.1, -0.05) is 20.8 Å². The van der Waals surface area contributed by atoms with Crippen LogP contribution in [0.4, 0.5) is 0 Å². The topological polar surface area (TPSA) is 32.5 Å². The Hall–Kier alpha value is -0.120. The van der Waals surface area contributed by atoms with Gasteiger partial charge in [0.2, 0.25) is 0 Å². The van der Waals surface area contributed by atoms with Crippen molar-refractivity contribution in [2.24, 2.45) is 17.6 Å². The zero-order valence-corrected chi connectivity index (χ0v) is 14.5. The van der Waals surface area contributed by atoms with Crippen LogP contribution in [-0.2, 0) is 0 Å². The summed E-state index contributed by atoms with van der Waals surface area (Å²) in [5.74, 6) is 1.74. The number of hydrogen-bond acceptors (Lipinski definition) is 3. The van der Waals surface area contributed by atoms with Crippen LogP contribution in [0.5, 0.6) is 0 Å². The first kappa shape index (κ1) is 17.9. The van der Waals surface area contributed by atoms with E-state index >= 15 is 0 Å². The molecule has 1 aliphatic rings. The smallest absolute Gasteiger partial charge is 0.0332 e. The molecule has 0 spiro atoms. The Morgan fingerprint density at radius 1 is 1.10 bits per heavy atom. The standard InChI is InChI=1S/C17H37N3/c1-6-11-20(13-12-19(4)5)17(14-18)9-7-16(8-10-17)15(2)3/h15-16H,6-14,18H2,1-5H3. The van der Waals surface area contributed by atoms with Crippen molar-refractivity contribution < 1.29 is 0 Å². The highest BCUT2D eigenvalue weighted by Gasteiger charge is 2.39. The van der Waals surface area contributed by atoms with E-state index in [2.05, 4.69) is 44.7 Å². The number of likely N-dealkylation sites (N-methyl/N-ethyl adjacent to an activating group) is 1. The molecule has 0 aromatic carbocycles. The molecule has 0 aliphatic heterocycles. The predicted octanol–water partition coefficient (Wildman–Crippen LogP) is 2.80. The number of rotatable bonds is 8. The molecule has 120 valence electrons. The summed E-state index contributed by atoms with van der Waals surface area (Å²) in [5.41, 5.74) is 6.52. The van der Waals surface area contributed by atoms with Gasteiger partial charge in [0.05, 0.1) is 0 Å². The van der Waals surface area contributed by atoms with Gasteiger partial charge in [-0.2, -0.15) is 0 Å². The fraction of sp³-hybridized carbons (Fsp3) is 1.00. The fourth-order valence-electron chi connectivity index (χ4n) is 3.67. The largest absolute Gasteiger partial charge is 0.329 e. The van der Waals surface area contributed by atoms with Crippen LogP contribution in [0.1, 0.15) is 52.9 Å². The molecule has 0 aromatic rings. The highest BCUT2D eigenvalue weighted by molar-refractivity contribution is 4.96. The van der Waals surface area contributed by atoms with Crippen molar-refractivity contribution in [3.05, 3.63) is 0 Å². The van der Waals surface area contributed by atoms with Crippen LogP contribution in [0.3, 0.4) is 0 Å². The molecule has 1 rings (SSSR count). The number of nitrogens with zero attached hydrogens (tertiary/aromatic N) is 2. The Morgan fingerprint density at radius 3 is 2.10 bits per heavy atom. The molecule has 0 bridgehead atoms. The molecule has 0 heterocycles. The van der Waals surface area contributed by atoms with Crippen molar-refractivity contribution in [3.8, 4) is 0 Å². The van der Waals surface area contributed by atoms with E-state index in [1.165, 1.54) is 38.6 Å². The van der Waals surface area contributed by atoms with Gasteiger partial charge in [-0.3, -0.25) is 4.90 Å². The third kappa shape index (κ3) is 4.71. The van der Waals surface area contributed by atoms with Crippen LogP contribution in [0.15, 0.2) is 0 Å². The molecule has 0 unspecified atom stereocenters. The third-order valence-electron chi connectivity index (χ3n) is 5.27. The van der Waals surface area contributed by atoms with Crippen LogP contribution >= 0.6 is 0 Å². The Balaban J connectivity index is 2.69. The molecule has 20 heavy (non-hydrogen) atoms. The van der Waals surface area contributed by atoms with E-state index in [-0.39, 0.29) is 5.54 Å². The monoisotopic (exact) mass is 283 g/mol. The summed E-state index contributed by atoms with van der Waals surface area (Å²) in [4.78, 5) is 4.98. The normalized spacial score (nSPS) is 27.8. The summed E-state index contributed by atoms with van der Waals surface area (Å²) >= 11 is 0. The zero-order chi connectivity index (χ0) is 15.2. The molecule has 0 saturated heterocycles. The third-order valence-corrected chi connectivity index (χ3v) is 5.27. The van der Waals surface area contributed by atoms with Crippen molar-refractivity contribution in [1.29, 1.82) is 0 Å². The minimum Gasteiger partial charge on any atom is -0.329 e. The lowest BCUT2D eigenvalue weighted by Gasteiger charge is -2.48. The van der Waals surface area contributed by atoms with Crippen LogP contribution in [-0.4, -0.2) is 55.6 Å². The van der Waals surface area contributed by atoms with E-state index in [0.29, 0.717) is 0 Å². The minimum absolute atomic E-state index is 0.275. The molecule has 3 heteroatoms. The van der Waals surface area contributed by atoms with Crippen LogP contribution < -0.4 is 5.73 Å². The minimum atomic E-state index is 0.275. The van der Waals surface area contributed by atoms with Crippen molar-refractivity contribution in [2.75, 3.05) is 40.3 Å². The summed E-state index contributed by atoms with van der Waals surface area (Å²) in [5, 5.41) is 0. The van der Waals surface area contributed by atoms with Crippen LogP contribution in [0.2, 0.25) is 0 Å². The summed E-state index contributed by atoms with van der Waals surface area (Å²) in [6, 6.07) is 0. The van der Waals surface area contributed by atoms with Crippen molar-refractivity contribution in [3.63, 3.8) is 0 Å². The van der Waals surface area contributed by atoms with Gasteiger partial charge in [-0.05, 0) is 64.6 Å². The first-order valence-electron chi connectivity index (χ1n) is 8.55. The highest BCUT2D eigenvalue weighted by Crippen LogP contribution is 2.38. The average molecular weight is 284 g/mol. The van der Waals surface area contributed by atoms with E-state index in [4.69, 9.17) is 5.73 Å². The molecule has 1 fully saturated rings. The Bertz CT molecular complexity index is 255. The summed E-state index contributed by atoms with van der Waals surface area (Å²) in [6.45, 7) is 11.3. The highest BCUT2D eigenvalue weighted by atomic mass is 15.2. The molecule has 3 nitrogen and oxygen atoms in total. The zero-order valence-electron chi connectivity index (χ0n) is 14.5. The molecule has 1 aliphatic carbocycles. The summed E-state index contributed by atoms with van der Waals surface area (Å²) in [7, 11) is 4.32.